The predicted molar refractivity (Wildman–Crippen MR) is 135 cm³/mol. The minimum absolute atomic E-state index is 0.0899. The summed E-state index contributed by atoms with van der Waals surface area (Å²) in [7, 11) is 1.64. The number of carbonyl (C=O) groups excluding carboxylic acids is 1. The molecule has 0 atom stereocenters. The second-order valence-electron chi connectivity index (χ2n) is 7.30. The van der Waals surface area contributed by atoms with Gasteiger partial charge in [0, 0.05) is 47.6 Å². The number of hydrogen-bond acceptors (Lipinski definition) is 3. The number of rotatable bonds is 5. The molecule has 4 aromatic rings. The quantitative estimate of drug-likeness (QED) is 0.269. The molecule has 0 fully saturated rings. The molecule has 0 aliphatic heterocycles. The summed E-state index contributed by atoms with van der Waals surface area (Å²) >= 11 is 5.99. The van der Waals surface area contributed by atoms with E-state index in [9.17, 15) is 4.79 Å². The Balaban J connectivity index is 0.000000671. The number of aromatic amines is 1. The number of ketones is 1. The zero-order valence-electron chi connectivity index (χ0n) is 19.4. The van der Waals surface area contributed by atoms with Crippen molar-refractivity contribution in [3.63, 3.8) is 0 Å². The molecule has 2 aromatic heterocycles. The van der Waals surface area contributed by atoms with Gasteiger partial charge in [0.15, 0.2) is 5.82 Å². The van der Waals surface area contributed by atoms with Gasteiger partial charge >= 0.3 is 0 Å². The zero-order chi connectivity index (χ0) is 23.7. The molecule has 0 aliphatic rings. The van der Waals surface area contributed by atoms with Crippen LogP contribution >= 0.6 is 11.6 Å². The largest absolute Gasteiger partial charge is 0.342 e. The van der Waals surface area contributed by atoms with Crippen LogP contribution in [0, 0.1) is 0 Å². The van der Waals surface area contributed by atoms with Crippen molar-refractivity contribution in [1.82, 2.24) is 14.5 Å². The molecule has 0 unspecified atom stereocenters. The van der Waals surface area contributed by atoms with Crippen LogP contribution in [0.4, 0.5) is 0 Å². The van der Waals surface area contributed by atoms with Crippen LogP contribution in [0.1, 0.15) is 61.1 Å². The molecule has 168 valence electrons. The highest BCUT2D eigenvalue weighted by atomic mass is 35.5. The van der Waals surface area contributed by atoms with Crippen LogP contribution in [-0.2, 0) is 6.54 Å². The van der Waals surface area contributed by atoms with Crippen molar-refractivity contribution in [1.29, 1.82) is 0 Å². The summed E-state index contributed by atoms with van der Waals surface area (Å²) < 4.78 is 2.10. The summed E-state index contributed by atoms with van der Waals surface area (Å²) in [6.07, 6.45) is 3.66. The first-order valence-corrected chi connectivity index (χ1v) is 11.1. The number of hydrogen-bond donors (Lipinski definition) is 1. The Morgan fingerprint density at radius 2 is 1.78 bits per heavy atom. The van der Waals surface area contributed by atoms with Gasteiger partial charge in [-0.15, -0.1) is 0 Å². The molecule has 0 spiro atoms. The summed E-state index contributed by atoms with van der Waals surface area (Å²) in [6, 6.07) is 15.7. The van der Waals surface area contributed by atoms with Crippen molar-refractivity contribution in [3.05, 3.63) is 88.6 Å². The van der Waals surface area contributed by atoms with Gasteiger partial charge in [-0.25, -0.2) is 4.98 Å². The normalized spacial score (nSPS) is 10.2. The Labute approximate surface area is 195 Å². The first-order chi connectivity index (χ1) is 15.4. The van der Waals surface area contributed by atoms with E-state index in [1.54, 1.807) is 13.2 Å². The number of benzene rings is 2. The fourth-order valence-electron chi connectivity index (χ4n) is 3.22. The van der Waals surface area contributed by atoms with Crippen LogP contribution < -0.4 is 0 Å². The average molecular weight is 451 g/mol. The van der Waals surface area contributed by atoms with Crippen LogP contribution in [0.25, 0.3) is 10.9 Å². The Morgan fingerprint density at radius 3 is 2.38 bits per heavy atom. The van der Waals surface area contributed by atoms with E-state index in [1.807, 2.05) is 68.6 Å². The van der Waals surface area contributed by atoms with Gasteiger partial charge in [-0.05, 0) is 36.4 Å². The third kappa shape index (κ3) is 5.95. The molecule has 6 heteroatoms. The summed E-state index contributed by atoms with van der Waals surface area (Å²) in [4.78, 5) is 23.8. The lowest BCUT2D eigenvalue weighted by Crippen LogP contribution is -2.04. The molecule has 0 amide bonds. The van der Waals surface area contributed by atoms with Gasteiger partial charge in [-0.3, -0.25) is 4.79 Å². The lowest BCUT2D eigenvalue weighted by molar-refractivity contribution is 0.103. The fourth-order valence-corrected chi connectivity index (χ4v) is 3.34. The van der Waals surface area contributed by atoms with Crippen LogP contribution in [0.3, 0.4) is 0 Å². The third-order valence-electron chi connectivity index (χ3n) is 4.73. The molecule has 0 radical (unpaired) electrons. The van der Waals surface area contributed by atoms with Crippen molar-refractivity contribution in [2.45, 2.75) is 40.2 Å². The minimum atomic E-state index is -0.0899. The number of carbonyl (C=O) groups is 1. The highest BCUT2D eigenvalue weighted by molar-refractivity contribution is 6.30. The topological polar surface area (TPSA) is 63.0 Å². The zero-order valence-corrected chi connectivity index (χ0v) is 20.1. The summed E-state index contributed by atoms with van der Waals surface area (Å²) in [6.45, 7) is 11.9. The van der Waals surface area contributed by atoms with E-state index in [0.717, 1.165) is 22.2 Å². The van der Waals surface area contributed by atoms with Crippen LogP contribution in [0.5, 0.6) is 0 Å². The number of para-hydroxylation sites is 1. The molecular weight excluding hydrogens is 420 g/mol. The van der Waals surface area contributed by atoms with Crippen molar-refractivity contribution in [2.24, 2.45) is 4.99 Å². The fraction of sp³-hybridized carbons (Fsp3) is 0.269. The Morgan fingerprint density at radius 1 is 1.16 bits per heavy atom. The first kappa shape index (κ1) is 25.1. The SMILES string of the molecule is C=NC.CC.CC(C)c1cnc(C(=O)c2cn(Cc3ccc(Cl)cc3)c3ccccc23)[nH]1. The maximum absolute atomic E-state index is 13.1. The molecule has 1 N–H and O–H groups in total. The second kappa shape index (κ2) is 12.0. The molecule has 0 saturated carbocycles. The lowest BCUT2D eigenvalue weighted by atomic mass is 10.1. The van der Waals surface area contributed by atoms with Gasteiger partial charge in [0.2, 0.25) is 5.78 Å². The molecule has 0 aliphatic carbocycles. The number of aliphatic imine (C=N–C) groups is 1. The molecule has 5 nitrogen and oxygen atoms in total. The van der Waals surface area contributed by atoms with Gasteiger partial charge in [0.1, 0.15) is 0 Å². The molecule has 2 heterocycles. The monoisotopic (exact) mass is 450 g/mol. The number of H-pyrrole nitrogens is 1. The standard InChI is InChI=1S/C22H20ClN3O.C2H5N.C2H6/c1-14(2)19-11-24-22(25-19)21(27)18-13-26(20-6-4-3-5-17(18)20)12-15-7-9-16(23)10-8-15;1-3-2;1-2/h3-11,13-14H,12H2,1-2H3,(H,24,25);1H2,2H3;1-2H3. The van der Waals surface area contributed by atoms with E-state index in [1.165, 1.54) is 0 Å². The number of imidazole rings is 1. The van der Waals surface area contributed by atoms with Gasteiger partial charge in [-0.1, -0.05) is 69.6 Å². The third-order valence-corrected chi connectivity index (χ3v) is 4.98. The molecule has 0 saturated heterocycles. The van der Waals surface area contributed by atoms with Gasteiger partial charge < -0.3 is 14.5 Å². The summed E-state index contributed by atoms with van der Waals surface area (Å²) in [5.74, 6) is 0.589. The molecular formula is C26H31ClN4O. The van der Waals surface area contributed by atoms with E-state index in [0.29, 0.717) is 28.9 Å². The molecule has 4 rings (SSSR count). The number of halogens is 1. The van der Waals surface area contributed by atoms with Gasteiger partial charge in [-0.2, -0.15) is 0 Å². The van der Waals surface area contributed by atoms with Crippen LogP contribution in [0.2, 0.25) is 5.02 Å². The van der Waals surface area contributed by atoms with Crippen molar-refractivity contribution in [2.75, 3.05) is 7.05 Å². The maximum Gasteiger partial charge on any atom is 0.230 e. The summed E-state index contributed by atoms with van der Waals surface area (Å²) in [5.41, 5.74) is 3.76. The number of nitrogens with zero attached hydrogens (tertiary/aromatic N) is 3. The Kier molecular flexibility index (Phi) is 9.41. The smallest absolute Gasteiger partial charge is 0.230 e. The number of aromatic nitrogens is 3. The van der Waals surface area contributed by atoms with Crippen LogP contribution in [-0.4, -0.2) is 34.1 Å². The van der Waals surface area contributed by atoms with Crippen LogP contribution in [0.15, 0.2) is 65.9 Å². The van der Waals surface area contributed by atoms with E-state index in [4.69, 9.17) is 11.6 Å². The van der Waals surface area contributed by atoms with E-state index < -0.39 is 0 Å². The van der Waals surface area contributed by atoms with Crippen molar-refractivity contribution < 1.29 is 4.79 Å². The second-order valence-corrected chi connectivity index (χ2v) is 7.74. The molecule has 2 aromatic carbocycles. The molecule has 0 bridgehead atoms. The number of fused-ring (bicyclic) bond motifs is 1. The number of nitrogens with one attached hydrogen (secondary N) is 1. The van der Waals surface area contributed by atoms with Gasteiger partial charge in [0.05, 0.1) is 5.56 Å². The van der Waals surface area contributed by atoms with Crippen molar-refractivity contribution >= 4 is 35.0 Å². The highest BCUT2D eigenvalue weighted by Gasteiger charge is 2.19. The predicted octanol–water partition coefficient (Wildman–Crippen LogP) is 6.76. The average Bonchev–Trinajstić information content (AvgIpc) is 3.43. The van der Waals surface area contributed by atoms with E-state index in [2.05, 4.69) is 40.1 Å². The highest BCUT2D eigenvalue weighted by Crippen LogP contribution is 2.25. The van der Waals surface area contributed by atoms with Crippen molar-refractivity contribution in [3.8, 4) is 0 Å². The maximum atomic E-state index is 13.1. The Hall–Kier alpha value is -3.18. The minimum Gasteiger partial charge on any atom is -0.342 e. The van der Waals surface area contributed by atoms with Gasteiger partial charge in [0.25, 0.3) is 0 Å². The first-order valence-electron chi connectivity index (χ1n) is 10.7. The van der Waals surface area contributed by atoms with E-state index >= 15 is 0 Å². The van der Waals surface area contributed by atoms with E-state index in [-0.39, 0.29) is 5.78 Å². The molecule has 32 heavy (non-hydrogen) atoms. The lowest BCUT2D eigenvalue weighted by Gasteiger charge is -2.05. The Bertz CT molecular complexity index is 1160. The summed E-state index contributed by atoms with van der Waals surface area (Å²) in [5, 5.41) is 1.64.